The first kappa shape index (κ1) is 17.0. The van der Waals surface area contributed by atoms with Crippen LogP contribution in [0.2, 0.25) is 0 Å². The van der Waals surface area contributed by atoms with E-state index in [0.717, 1.165) is 44.9 Å². The van der Waals surface area contributed by atoms with Crippen LogP contribution < -0.4 is 5.32 Å². The first-order valence-corrected chi connectivity index (χ1v) is 8.21. The molecule has 0 bridgehead atoms. The van der Waals surface area contributed by atoms with Crippen molar-refractivity contribution in [2.75, 3.05) is 6.54 Å². The summed E-state index contributed by atoms with van der Waals surface area (Å²) in [6, 6.07) is 2.34. The Labute approximate surface area is 124 Å². The third-order valence-electron chi connectivity index (χ3n) is 4.64. The second kappa shape index (κ2) is 7.67. The molecule has 0 aliphatic heterocycles. The molecule has 3 heteroatoms. The minimum atomic E-state index is -0.253. The van der Waals surface area contributed by atoms with Crippen LogP contribution in [0.25, 0.3) is 0 Å². The minimum absolute atomic E-state index is 0.156. The van der Waals surface area contributed by atoms with E-state index >= 15 is 0 Å². The van der Waals surface area contributed by atoms with Gasteiger partial charge in [0.1, 0.15) is 0 Å². The topological polar surface area (TPSA) is 52.9 Å². The van der Waals surface area contributed by atoms with Crippen molar-refractivity contribution in [3.8, 4) is 6.07 Å². The molecule has 1 amide bonds. The third-order valence-corrected chi connectivity index (χ3v) is 4.64. The highest BCUT2D eigenvalue weighted by atomic mass is 16.2. The predicted octanol–water partition coefficient (Wildman–Crippen LogP) is 4.18. The summed E-state index contributed by atoms with van der Waals surface area (Å²) < 4.78 is 0. The fourth-order valence-corrected chi connectivity index (χ4v) is 2.63. The number of nitriles is 1. The van der Waals surface area contributed by atoms with Crippen LogP contribution in [0, 0.1) is 22.2 Å². The number of hydrogen-bond acceptors (Lipinski definition) is 2. The molecule has 0 aromatic carbocycles. The standard InChI is InChI=1S/C17H30N2O/c1-4-6-8-10-16(3,9-7-5-2)15(20)19-14-17(13-18)11-12-17/h4-12,14H2,1-3H3,(H,19,20). The van der Waals surface area contributed by atoms with Crippen LogP contribution in [0.1, 0.15) is 78.6 Å². The molecule has 1 fully saturated rings. The Balaban J connectivity index is 2.51. The predicted molar refractivity (Wildman–Crippen MR) is 82.1 cm³/mol. The molecule has 1 saturated carbocycles. The number of unbranched alkanes of at least 4 members (excludes halogenated alkanes) is 3. The second-order valence-corrected chi connectivity index (χ2v) is 6.70. The molecule has 1 unspecified atom stereocenters. The highest BCUT2D eigenvalue weighted by molar-refractivity contribution is 5.82. The van der Waals surface area contributed by atoms with Crippen molar-refractivity contribution in [2.24, 2.45) is 10.8 Å². The van der Waals surface area contributed by atoms with E-state index in [-0.39, 0.29) is 16.7 Å². The van der Waals surface area contributed by atoms with Crippen molar-refractivity contribution in [1.82, 2.24) is 5.32 Å². The van der Waals surface area contributed by atoms with Gasteiger partial charge in [0, 0.05) is 12.0 Å². The summed E-state index contributed by atoms with van der Waals surface area (Å²) in [6.45, 7) is 6.99. The summed E-state index contributed by atoms with van der Waals surface area (Å²) >= 11 is 0. The Hall–Kier alpha value is -1.04. The fourth-order valence-electron chi connectivity index (χ4n) is 2.63. The Morgan fingerprint density at radius 3 is 2.30 bits per heavy atom. The van der Waals surface area contributed by atoms with Gasteiger partial charge >= 0.3 is 0 Å². The van der Waals surface area contributed by atoms with Gasteiger partial charge in [-0.2, -0.15) is 5.26 Å². The molecule has 1 atom stereocenters. The first-order valence-electron chi connectivity index (χ1n) is 8.21. The van der Waals surface area contributed by atoms with Crippen molar-refractivity contribution >= 4 is 5.91 Å². The van der Waals surface area contributed by atoms with E-state index in [2.05, 4.69) is 32.2 Å². The lowest BCUT2D eigenvalue weighted by Crippen LogP contribution is -2.41. The molecule has 1 aliphatic carbocycles. The molecule has 20 heavy (non-hydrogen) atoms. The maximum Gasteiger partial charge on any atom is 0.225 e. The largest absolute Gasteiger partial charge is 0.354 e. The van der Waals surface area contributed by atoms with Gasteiger partial charge in [0.2, 0.25) is 5.91 Å². The van der Waals surface area contributed by atoms with Crippen molar-refractivity contribution in [3.05, 3.63) is 0 Å². The van der Waals surface area contributed by atoms with E-state index in [1.165, 1.54) is 12.8 Å². The van der Waals surface area contributed by atoms with Gasteiger partial charge in [-0.25, -0.2) is 0 Å². The molecule has 0 spiro atoms. The highest BCUT2D eigenvalue weighted by Gasteiger charge is 2.44. The molecule has 3 nitrogen and oxygen atoms in total. The van der Waals surface area contributed by atoms with Crippen molar-refractivity contribution in [1.29, 1.82) is 5.26 Å². The van der Waals surface area contributed by atoms with Gasteiger partial charge in [0.15, 0.2) is 0 Å². The molecule has 1 aliphatic rings. The van der Waals surface area contributed by atoms with E-state index in [1.54, 1.807) is 0 Å². The monoisotopic (exact) mass is 278 g/mol. The van der Waals surface area contributed by atoms with E-state index in [0.29, 0.717) is 6.54 Å². The Morgan fingerprint density at radius 2 is 1.80 bits per heavy atom. The molecule has 0 aromatic rings. The Bertz CT molecular complexity index is 354. The normalized spacial score (nSPS) is 18.9. The van der Waals surface area contributed by atoms with Crippen LogP contribution in [0.3, 0.4) is 0 Å². The zero-order valence-electron chi connectivity index (χ0n) is 13.4. The van der Waals surface area contributed by atoms with E-state index in [9.17, 15) is 4.79 Å². The summed E-state index contributed by atoms with van der Waals surface area (Å²) in [5.41, 5.74) is -0.499. The number of carbonyl (C=O) groups excluding carboxylic acids is 1. The smallest absolute Gasteiger partial charge is 0.225 e. The van der Waals surface area contributed by atoms with E-state index in [1.807, 2.05) is 0 Å². The van der Waals surface area contributed by atoms with Gasteiger partial charge in [0.05, 0.1) is 11.5 Å². The summed E-state index contributed by atoms with van der Waals surface area (Å²) in [7, 11) is 0. The van der Waals surface area contributed by atoms with Crippen LogP contribution >= 0.6 is 0 Å². The summed E-state index contributed by atoms with van der Waals surface area (Å²) in [5.74, 6) is 0.156. The van der Waals surface area contributed by atoms with E-state index < -0.39 is 0 Å². The number of nitrogens with zero attached hydrogens (tertiary/aromatic N) is 1. The minimum Gasteiger partial charge on any atom is -0.354 e. The number of hydrogen-bond donors (Lipinski definition) is 1. The quantitative estimate of drug-likeness (QED) is 0.609. The molecular formula is C17H30N2O. The van der Waals surface area contributed by atoms with E-state index in [4.69, 9.17) is 5.26 Å². The molecular weight excluding hydrogens is 248 g/mol. The van der Waals surface area contributed by atoms with Crippen LogP contribution in [0.4, 0.5) is 0 Å². The summed E-state index contributed by atoms with van der Waals surface area (Å²) in [6.07, 6.45) is 9.51. The fraction of sp³-hybridized carbons (Fsp3) is 0.882. The molecule has 0 aromatic heterocycles. The third kappa shape index (κ3) is 4.81. The van der Waals surface area contributed by atoms with Crippen LogP contribution in [0.15, 0.2) is 0 Å². The molecule has 0 saturated heterocycles. The zero-order valence-corrected chi connectivity index (χ0v) is 13.4. The van der Waals surface area contributed by atoms with Gasteiger partial charge in [-0.15, -0.1) is 0 Å². The Morgan fingerprint density at radius 1 is 1.20 bits per heavy atom. The van der Waals surface area contributed by atoms with Gasteiger partial charge < -0.3 is 5.32 Å². The molecule has 114 valence electrons. The van der Waals surface area contributed by atoms with Crippen LogP contribution in [0.5, 0.6) is 0 Å². The van der Waals surface area contributed by atoms with Gasteiger partial charge in [-0.3, -0.25) is 4.79 Å². The molecule has 1 rings (SSSR count). The van der Waals surface area contributed by atoms with Gasteiger partial charge in [0.25, 0.3) is 0 Å². The number of carbonyl (C=O) groups is 1. The average Bonchev–Trinajstić information content (AvgIpc) is 3.23. The average molecular weight is 278 g/mol. The number of amides is 1. The number of rotatable bonds is 10. The maximum atomic E-state index is 12.5. The molecule has 0 heterocycles. The molecule has 1 N–H and O–H groups in total. The van der Waals surface area contributed by atoms with Crippen LogP contribution in [-0.4, -0.2) is 12.5 Å². The van der Waals surface area contributed by atoms with Gasteiger partial charge in [-0.05, 0) is 25.7 Å². The summed E-state index contributed by atoms with van der Waals surface area (Å²) in [5, 5.41) is 12.1. The molecule has 0 radical (unpaired) electrons. The lowest BCUT2D eigenvalue weighted by Gasteiger charge is -2.29. The zero-order chi connectivity index (χ0) is 15.1. The highest BCUT2D eigenvalue weighted by Crippen LogP contribution is 2.44. The van der Waals surface area contributed by atoms with Crippen molar-refractivity contribution < 1.29 is 4.79 Å². The van der Waals surface area contributed by atoms with Crippen molar-refractivity contribution in [3.63, 3.8) is 0 Å². The lowest BCUT2D eigenvalue weighted by atomic mass is 9.79. The Kier molecular flexibility index (Phi) is 6.52. The van der Waals surface area contributed by atoms with Crippen LogP contribution in [-0.2, 0) is 4.79 Å². The maximum absolute atomic E-state index is 12.5. The summed E-state index contributed by atoms with van der Waals surface area (Å²) in [4.78, 5) is 12.5. The van der Waals surface area contributed by atoms with Crippen molar-refractivity contribution in [2.45, 2.75) is 78.6 Å². The number of nitrogens with one attached hydrogen (secondary N) is 1. The second-order valence-electron chi connectivity index (χ2n) is 6.70. The first-order chi connectivity index (χ1) is 9.52. The van der Waals surface area contributed by atoms with Gasteiger partial charge in [-0.1, -0.05) is 52.9 Å². The lowest BCUT2D eigenvalue weighted by molar-refractivity contribution is -0.131. The SMILES string of the molecule is CCCCCC(C)(CCCC)C(=O)NCC1(C#N)CC1.